The summed E-state index contributed by atoms with van der Waals surface area (Å²) in [6.07, 6.45) is 0.785. The Balaban J connectivity index is 3.21. The minimum absolute atomic E-state index is 0.609. The molecule has 0 bridgehead atoms. The van der Waals surface area contributed by atoms with E-state index in [0.29, 0.717) is 10.5 Å². The van der Waals surface area contributed by atoms with Crippen molar-refractivity contribution in [3.63, 3.8) is 0 Å². The van der Waals surface area contributed by atoms with Crippen LogP contribution in [0.4, 0.5) is 0 Å². The van der Waals surface area contributed by atoms with Crippen molar-refractivity contribution in [1.82, 2.24) is 0 Å². The molecule has 1 rings (SSSR count). The zero-order chi connectivity index (χ0) is 7.56. The van der Waals surface area contributed by atoms with Crippen molar-refractivity contribution < 1.29 is 4.79 Å². The third-order valence-electron chi connectivity index (χ3n) is 1.12. The van der Waals surface area contributed by atoms with Gasteiger partial charge in [-0.3, -0.25) is 4.79 Å². The molecule has 0 spiro atoms. The first-order valence-corrected chi connectivity index (χ1v) is 3.92. The highest BCUT2D eigenvalue weighted by Crippen LogP contribution is 2.17. The van der Waals surface area contributed by atoms with E-state index >= 15 is 0 Å². The van der Waals surface area contributed by atoms with Crippen LogP contribution in [0.15, 0.2) is 27.6 Å². The predicted molar refractivity (Wildman–Crippen MR) is 46.8 cm³/mol. The maximum atomic E-state index is 10.3. The van der Waals surface area contributed by atoms with E-state index in [4.69, 9.17) is 0 Å². The second-order valence-corrected chi connectivity index (χ2v) is 3.22. The third-order valence-corrected chi connectivity index (χ3v) is 2.02. The smallest absolute Gasteiger partial charge is 0.151 e. The number of halogens is 1. The second kappa shape index (κ2) is 3.21. The number of carbonyl (C=O) groups excluding carboxylic acids is 1. The summed E-state index contributed by atoms with van der Waals surface area (Å²) in [7, 11) is 0. The number of thiol groups is 1. The van der Waals surface area contributed by atoms with Gasteiger partial charge in [-0.05, 0) is 18.2 Å². The maximum Gasteiger partial charge on any atom is 0.151 e. The molecule has 0 radical (unpaired) electrons. The van der Waals surface area contributed by atoms with Crippen LogP contribution in [-0.2, 0) is 0 Å². The summed E-state index contributed by atoms with van der Waals surface area (Å²) in [5.74, 6) is 0. The number of hydrogen-bond donors (Lipinski definition) is 1. The van der Waals surface area contributed by atoms with Crippen molar-refractivity contribution in [2.45, 2.75) is 4.90 Å². The minimum atomic E-state index is 0.609. The highest BCUT2D eigenvalue weighted by Gasteiger charge is 1.96. The van der Waals surface area contributed by atoms with E-state index in [-0.39, 0.29) is 0 Å². The summed E-state index contributed by atoms with van der Waals surface area (Å²) in [5.41, 5.74) is 0.609. The molecule has 1 aromatic rings. The molecular formula is C7H5BrOS. The predicted octanol–water partition coefficient (Wildman–Crippen LogP) is 2.55. The van der Waals surface area contributed by atoms with Gasteiger partial charge < -0.3 is 0 Å². The van der Waals surface area contributed by atoms with Gasteiger partial charge >= 0.3 is 0 Å². The molecule has 0 aromatic heterocycles. The highest BCUT2D eigenvalue weighted by molar-refractivity contribution is 9.10. The lowest BCUT2D eigenvalue weighted by Gasteiger charge is -1.95. The SMILES string of the molecule is O=Cc1cc(Br)ccc1S. The Hall–Kier alpha value is -0.280. The fourth-order valence-electron chi connectivity index (χ4n) is 0.620. The first-order valence-electron chi connectivity index (χ1n) is 2.68. The molecule has 0 aliphatic heterocycles. The zero-order valence-electron chi connectivity index (χ0n) is 5.04. The van der Waals surface area contributed by atoms with Gasteiger partial charge in [0.15, 0.2) is 6.29 Å². The molecule has 3 heteroatoms. The van der Waals surface area contributed by atoms with Gasteiger partial charge in [0.2, 0.25) is 0 Å². The van der Waals surface area contributed by atoms with Crippen LogP contribution in [0.2, 0.25) is 0 Å². The lowest BCUT2D eigenvalue weighted by Crippen LogP contribution is -1.80. The van der Waals surface area contributed by atoms with Crippen molar-refractivity contribution in [3.05, 3.63) is 28.2 Å². The second-order valence-electron chi connectivity index (χ2n) is 1.82. The molecule has 0 fully saturated rings. The van der Waals surface area contributed by atoms with Gasteiger partial charge in [0, 0.05) is 14.9 Å². The molecule has 0 saturated carbocycles. The topological polar surface area (TPSA) is 17.1 Å². The van der Waals surface area contributed by atoms with E-state index < -0.39 is 0 Å². The Morgan fingerprint density at radius 3 is 2.70 bits per heavy atom. The van der Waals surface area contributed by atoms with E-state index in [1.54, 1.807) is 12.1 Å². The van der Waals surface area contributed by atoms with Gasteiger partial charge in [-0.2, -0.15) is 0 Å². The Labute approximate surface area is 73.0 Å². The molecule has 0 saturated heterocycles. The Bertz CT molecular complexity index is 260. The minimum Gasteiger partial charge on any atom is -0.298 e. The van der Waals surface area contributed by atoms with E-state index in [1.165, 1.54) is 0 Å². The molecule has 0 atom stereocenters. The van der Waals surface area contributed by atoms with Gasteiger partial charge in [-0.15, -0.1) is 12.6 Å². The van der Waals surface area contributed by atoms with Gasteiger partial charge in [0.25, 0.3) is 0 Å². The molecule has 0 N–H and O–H groups in total. The summed E-state index contributed by atoms with van der Waals surface area (Å²) in [6, 6.07) is 5.35. The summed E-state index contributed by atoms with van der Waals surface area (Å²) in [4.78, 5) is 11.0. The summed E-state index contributed by atoms with van der Waals surface area (Å²) in [6.45, 7) is 0. The Kier molecular flexibility index (Phi) is 2.51. The number of carbonyl (C=O) groups is 1. The molecule has 0 unspecified atom stereocenters. The fraction of sp³-hybridized carbons (Fsp3) is 0. The molecule has 0 aliphatic rings. The average Bonchev–Trinajstić information content (AvgIpc) is 1.94. The van der Waals surface area contributed by atoms with Crippen LogP contribution in [0.3, 0.4) is 0 Å². The van der Waals surface area contributed by atoms with Gasteiger partial charge in [-0.1, -0.05) is 15.9 Å². The summed E-state index contributed by atoms with van der Waals surface area (Å²) < 4.78 is 0.896. The molecule has 0 aliphatic carbocycles. The van der Waals surface area contributed by atoms with Crippen LogP contribution in [0, 0.1) is 0 Å². The van der Waals surface area contributed by atoms with E-state index in [9.17, 15) is 4.79 Å². The summed E-state index contributed by atoms with van der Waals surface area (Å²) >= 11 is 7.32. The highest BCUT2D eigenvalue weighted by atomic mass is 79.9. The van der Waals surface area contributed by atoms with Gasteiger partial charge in [-0.25, -0.2) is 0 Å². The Morgan fingerprint density at radius 2 is 2.20 bits per heavy atom. The van der Waals surface area contributed by atoms with Crippen LogP contribution in [0.25, 0.3) is 0 Å². The Morgan fingerprint density at radius 1 is 1.50 bits per heavy atom. The summed E-state index contributed by atoms with van der Waals surface area (Å²) in [5, 5.41) is 0. The maximum absolute atomic E-state index is 10.3. The third kappa shape index (κ3) is 1.61. The molecular weight excluding hydrogens is 212 g/mol. The normalized spacial score (nSPS) is 9.40. The van der Waals surface area contributed by atoms with Gasteiger partial charge in [0.1, 0.15) is 0 Å². The average molecular weight is 217 g/mol. The number of benzene rings is 1. The number of aldehydes is 1. The van der Waals surface area contributed by atoms with Gasteiger partial charge in [0.05, 0.1) is 0 Å². The first kappa shape index (κ1) is 7.82. The van der Waals surface area contributed by atoms with E-state index in [1.807, 2.05) is 6.07 Å². The lowest BCUT2D eigenvalue weighted by molar-refractivity contribution is 0.112. The first-order chi connectivity index (χ1) is 4.74. The number of rotatable bonds is 1. The zero-order valence-corrected chi connectivity index (χ0v) is 7.52. The van der Waals surface area contributed by atoms with Crippen LogP contribution in [0.1, 0.15) is 10.4 Å². The van der Waals surface area contributed by atoms with Crippen LogP contribution >= 0.6 is 28.6 Å². The van der Waals surface area contributed by atoms with E-state index in [0.717, 1.165) is 10.8 Å². The van der Waals surface area contributed by atoms with Crippen LogP contribution in [0.5, 0.6) is 0 Å². The molecule has 0 amide bonds. The monoisotopic (exact) mass is 216 g/mol. The number of hydrogen-bond acceptors (Lipinski definition) is 2. The fourth-order valence-corrected chi connectivity index (χ4v) is 1.19. The van der Waals surface area contributed by atoms with Crippen molar-refractivity contribution in [2.24, 2.45) is 0 Å². The quantitative estimate of drug-likeness (QED) is 0.565. The van der Waals surface area contributed by atoms with Crippen molar-refractivity contribution >= 4 is 34.8 Å². The van der Waals surface area contributed by atoms with Crippen molar-refractivity contribution in [2.75, 3.05) is 0 Å². The van der Waals surface area contributed by atoms with E-state index in [2.05, 4.69) is 28.6 Å². The van der Waals surface area contributed by atoms with Crippen LogP contribution < -0.4 is 0 Å². The molecule has 0 heterocycles. The standard InChI is InChI=1S/C7H5BrOS/c8-6-1-2-7(10)5(3-6)4-9/h1-4,10H. The molecule has 1 nitrogen and oxygen atoms in total. The van der Waals surface area contributed by atoms with Crippen molar-refractivity contribution in [1.29, 1.82) is 0 Å². The molecule has 10 heavy (non-hydrogen) atoms. The molecule has 1 aromatic carbocycles. The van der Waals surface area contributed by atoms with Crippen LogP contribution in [-0.4, -0.2) is 6.29 Å². The lowest BCUT2D eigenvalue weighted by atomic mass is 10.2. The largest absolute Gasteiger partial charge is 0.298 e. The molecule has 52 valence electrons. The van der Waals surface area contributed by atoms with Crippen molar-refractivity contribution in [3.8, 4) is 0 Å².